The molecule has 2 aromatic rings. The third-order valence-electron chi connectivity index (χ3n) is 4.78. The highest BCUT2D eigenvalue weighted by molar-refractivity contribution is 5.99. The number of rotatable bonds is 4. The van der Waals surface area contributed by atoms with Gasteiger partial charge < -0.3 is 4.90 Å². The predicted octanol–water partition coefficient (Wildman–Crippen LogP) is 3.08. The summed E-state index contributed by atoms with van der Waals surface area (Å²) >= 11 is 0. The van der Waals surface area contributed by atoms with E-state index >= 15 is 0 Å². The maximum Gasteiger partial charge on any atom is 0.254 e. The molecule has 0 saturated carbocycles. The minimum absolute atomic E-state index is 0.104. The lowest BCUT2D eigenvalue weighted by atomic mass is 10.0. The Labute approximate surface area is 153 Å². The monoisotopic (exact) mass is 354 g/mol. The van der Waals surface area contributed by atoms with E-state index in [1.54, 1.807) is 17.0 Å². The van der Waals surface area contributed by atoms with Crippen LogP contribution < -0.4 is 0 Å². The topological polar surface area (TPSA) is 40.6 Å². The second-order valence-electron chi connectivity index (χ2n) is 6.82. The second kappa shape index (κ2) is 7.79. The van der Waals surface area contributed by atoms with Crippen LogP contribution in [0, 0.1) is 19.7 Å². The van der Waals surface area contributed by atoms with E-state index in [0.29, 0.717) is 38.3 Å². The van der Waals surface area contributed by atoms with Gasteiger partial charge in [-0.3, -0.25) is 14.5 Å². The number of carbonyl (C=O) groups is 2. The molecule has 5 heteroatoms. The summed E-state index contributed by atoms with van der Waals surface area (Å²) in [7, 11) is 0. The van der Waals surface area contributed by atoms with Gasteiger partial charge in [0.2, 0.25) is 0 Å². The van der Waals surface area contributed by atoms with Crippen molar-refractivity contribution < 1.29 is 14.0 Å². The first kappa shape index (κ1) is 18.3. The zero-order valence-corrected chi connectivity index (χ0v) is 15.2. The molecule has 0 unspecified atom stereocenters. The fraction of sp³-hybridized carbons (Fsp3) is 0.333. The SMILES string of the molecule is Cc1ccc(C(=O)CN2CCN(C(=O)c3cccc(F)c3)CC2)c(C)c1. The number of hydrogen-bond acceptors (Lipinski definition) is 3. The minimum atomic E-state index is -0.409. The average molecular weight is 354 g/mol. The summed E-state index contributed by atoms with van der Waals surface area (Å²) in [5.41, 5.74) is 3.26. The van der Waals surface area contributed by atoms with Crippen molar-refractivity contribution in [3.63, 3.8) is 0 Å². The Bertz CT molecular complexity index is 827. The molecule has 0 N–H and O–H groups in total. The first-order valence-electron chi connectivity index (χ1n) is 8.81. The Balaban J connectivity index is 1.57. The molecule has 1 heterocycles. The highest BCUT2D eigenvalue weighted by Crippen LogP contribution is 2.14. The van der Waals surface area contributed by atoms with Crippen LogP contribution in [0.25, 0.3) is 0 Å². The third kappa shape index (κ3) is 4.17. The van der Waals surface area contributed by atoms with Crippen LogP contribution in [0.15, 0.2) is 42.5 Å². The van der Waals surface area contributed by atoms with E-state index in [-0.39, 0.29) is 11.7 Å². The number of benzene rings is 2. The Morgan fingerprint density at radius 1 is 1.00 bits per heavy atom. The van der Waals surface area contributed by atoms with E-state index in [1.807, 2.05) is 32.0 Å². The maximum absolute atomic E-state index is 13.3. The lowest BCUT2D eigenvalue weighted by Gasteiger charge is -2.34. The van der Waals surface area contributed by atoms with Crippen molar-refractivity contribution in [1.29, 1.82) is 0 Å². The van der Waals surface area contributed by atoms with Crippen LogP contribution in [0.3, 0.4) is 0 Å². The van der Waals surface area contributed by atoms with Crippen LogP contribution in [0.4, 0.5) is 4.39 Å². The lowest BCUT2D eigenvalue weighted by molar-refractivity contribution is 0.0624. The summed E-state index contributed by atoms with van der Waals surface area (Å²) in [6.07, 6.45) is 0. The first-order chi connectivity index (χ1) is 12.4. The molecule has 1 fully saturated rings. The van der Waals surface area contributed by atoms with Crippen molar-refractivity contribution >= 4 is 11.7 Å². The van der Waals surface area contributed by atoms with Crippen LogP contribution in [-0.4, -0.2) is 54.2 Å². The molecule has 1 aliphatic heterocycles. The zero-order valence-electron chi connectivity index (χ0n) is 15.2. The van der Waals surface area contributed by atoms with E-state index in [0.717, 1.165) is 16.7 Å². The van der Waals surface area contributed by atoms with Crippen molar-refractivity contribution in [2.45, 2.75) is 13.8 Å². The van der Waals surface area contributed by atoms with Crippen molar-refractivity contribution in [3.8, 4) is 0 Å². The highest BCUT2D eigenvalue weighted by atomic mass is 19.1. The molecule has 1 aliphatic rings. The van der Waals surface area contributed by atoms with Crippen LogP contribution in [-0.2, 0) is 0 Å². The van der Waals surface area contributed by atoms with Gasteiger partial charge in [-0.2, -0.15) is 0 Å². The van der Waals surface area contributed by atoms with Crippen molar-refractivity contribution in [2.24, 2.45) is 0 Å². The largest absolute Gasteiger partial charge is 0.336 e. The summed E-state index contributed by atoms with van der Waals surface area (Å²) in [6, 6.07) is 11.6. The normalized spacial score (nSPS) is 15.1. The van der Waals surface area contributed by atoms with E-state index in [1.165, 1.54) is 12.1 Å². The Kier molecular flexibility index (Phi) is 5.47. The maximum atomic E-state index is 13.3. The van der Waals surface area contributed by atoms with Gasteiger partial charge in [0.05, 0.1) is 6.54 Å². The molecule has 1 amide bonds. The van der Waals surface area contributed by atoms with Crippen LogP contribution in [0.1, 0.15) is 31.8 Å². The smallest absolute Gasteiger partial charge is 0.254 e. The second-order valence-corrected chi connectivity index (χ2v) is 6.82. The molecule has 2 aromatic carbocycles. The van der Waals surface area contributed by atoms with Gasteiger partial charge >= 0.3 is 0 Å². The van der Waals surface area contributed by atoms with Gasteiger partial charge in [0.15, 0.2) is 5.78 Å². The molecule has 26 heavy (non-hydrogen) atoms. The molecular weight excluding hydrogens is 331 g/mol. The van der Waals surface area contributed by atoms with Crippen molar-refractivity contribution in [2.75, 3.05) is 32.7 Å². The van der Waals surface area contributed by atoms with Gasteiger partial charge in [-0.05, 0) is 37.6 Å². The van der Waals surface area contributed by atoms with E-state index in [4.69, 9.17) is 0 Å². The quantitative estimate of drug-likeness (QED) is 0.793. The molecule has 0 spiro atoms. The first-order valence-corrected chi connectivity index (χ1v) is 8.81. The van der Waals surface area contributed by atoms with Crippen molar-refractivity contribution in [3.05, 3.63) is 70.5 Å². The molecule has 0 bridgehead atoms. The average Bonchev–Trinajstić information content (AvgIpc) is 2.61. The van der Waals surface area contributed by atoms with Gasteiger partial charge in [0, 0.05) is 37.3 Å². The summed E-state index contributed by atoms with van der Waals surface area (Å²) in [6.45, 7) is 6.66. The molecular formula is C21H23FN2O2. The Morgan fingerprint density at radius 2 is 1.73 bits per heavy atom. The minimum Gasteiger partial charge on any atom is -0.336 e. The number of halogens is 1. The number of Topliss-reactive ketones (excluding diaryl/α,β-unsaturated/α-hetero) is 1. The standard InChI is InChI=1S/C21H23FN2O2/c1-15-6-7-19(16(2)12-15)20(25)14-23-8-10-24(11-9-23)21(26)17-4-3-5-18(22)13-17/h3-7,12-13H,8-11,14H2,1-2H3. The van der Waals surface area contributed by atoms with E-state index < -0.39 is 5.82 Å². The van der Waals surface area contributed by atoms with Crippen LogP contribution in [0.2, 0.25) is 0 Å². The summed E-state index contributed by atoms with van der Waals surface area (Å²) < 4.78 is 13.3. The number of carbonyl (C=O) groups excluding carboxylic acids is 2. The number of amides is 1. The molecule has 0 atom stereocenters. The number of aryl methyl sites for hydroxylation is 2. The van der Waals surface area contributed by atoms with Crippen molar-refractivity contribution in [1.82, 2.24) is 9.80 Å². The summed E-state index contributed by atoms with van der Waals surface area (Å²) in [5, 5.41) is 0. The van der Waals surface area contributed by atoms with E-state index in [2.05, 4.69) is 4.90 Å². The number of nitrogens with zero attached hydrogens (tertiary/aromatic N) is 2. The molecule has 0 aliphatic carbocycles. The van der Waals surface area contributed by atoms with Crippen LogP contribution in [0.5, 0.6) is 0 Å². The summed E-state index contributed by atoms with van der Waals surface area (Å²) in [5.74, 6) is -0.467. The molecule has 4 nitrogen and oxygen atoms in total. The highest BCUT2D eigenvalue weighted by Gasteiger charge is 2.24. The van der Waals surface area contributed by atoms with Gasteiger partial charge in [-0.25, -0.2) is 4.39 Å². The zero-order chi connectivity index (χ0) is 18.7. The number of ketones is 1. The Morgan fingerprint density at radius 3 is 2.38 bits per heavy atom. The molecule has 136 valence electrons. The molecule has 0 radical (unpaired) electrons. The fourth-order valence-electron chi connectivity index (χ4n) is 3.33. The van der Waals surface area contributed by atoms with Crippen LogP contribution >= 0.6 is 0 Å². The van der Waals surface area contributed by atoms with Gasteiger partial charge in [0.1, 0.15) is 5.82 Å². The van der Waals surface area contributed by atoms with Gasteiger partial charge in [-0.1, -0.05) is 29.8 Å². The number of piperazine rings is 1. The predicted molar refractivity (Wildman–Crippen MR) is 99.0 cm³/mol. The van der Waals surface area contributed by atoms with Gasteiger partial charge in [0.25, 0.3) is 5.91 Å². The molecule has 3 rings (SSSR count). The number of hydrogen-bond donors (Lipinski definition) is 0. The fourth-order valence-corrected chi connectivity index (χ4v) is 3.33. The Hall–Kier alpha value is -2.53. The third-order valence-corrected chi connectivity index (χ3v) is 4.78. The summed E-state index contributed by atoms with van der Waals surface area (Å²) in [4.78, 5) is 28.8. The van der Waals surface area contributed by atoms with Gasteiger partial charge in [-0.15, -0.1) is 0 Å². The lowest BCUT2D eigenvalue weighted by Crippen LogP contribution is -2.50. The molecule has 1 saturated heterocycles. The van der Waals surface area contributed by atoms with E-state index in [9.17, 15) is 14.0 Å². The molecule has 0 aromatic heterocycles.